The summed E-state index contributed by atoms with van der Waals surface area (Å²) in [7, 11) is 0. The highest BCUT2D eigenvalue weighted by Crippen LogP contribution is 2.70. The third-order valence-corrected chi connectivity index (χ3v) is 10.7. The first-order chi connectivity index (χ1) is 16.9. The molecule has 5 atom stereocenters. The molecule has 182 valence electrons. The van der Waals surface area contributed by atoms with Crippen molar-refractivity contribution in [2.45, 2.75) is 82.7 Å². The van der Waals surface area contributed by atoms with Gasteiger partial charge in [-0.25, -0.2) is 0 Å². The number of carbonyl (C=O) groups is 2. The molecule has 0 radical (unpaired) electrons. The van der Waals surface area contributed by atoms with Gasteiger partial charge in [0.15, 0.2) is 11.6 Å². The minimum atomic E-state index is -0.188. The molecule has 1 saturated heterocycles. The van der Waals surface area contributed by atoms with Crippen molar-refractivity contribution in [2.75, 3.05) is 6.61 Å². The van der Waals surface area contributed by atoms with E-state index in [4.69, 9.17) is 4.74 Å². The molecule has 1 heterocycles. The second-order valence-corrected chi connectivity index (χ2v) is 12.3. The van der Waals surface area contributed by atoms with Gasteiger partial charge in [-0.2, -0.15) is 0 Å². The number of rotatable bonds is 3. The van der Waals surface area contributed by atoms with Crippen molar-refractivity contribution >= 4 is 11.6 Å². The molecule has 1 aromatic rings. The first-order valence-electron chi connectivity index (χ1n) is 13.8. The molecule has 4 fully saturated rings. The van der Waals surface area contributed by atoms with Gasteiger partial charge in [-0.3, -0.25) is 9.59 Å². The van der Waals surface area contributed by atoms with Gasteiger partial charge in [0, 0.05) is 29.2 Å². The van der Waals surface area contributed by atoms with Gasteiger partial charge >= 0.3 is 0 Å². The molecule has 3 saturated carbocycles. The smallest absolute Gasteiger partial charge is 0.165 e. The summed E-state index contributed by atoms with van der Waals surface area (Å²) in [5, 5.41) is 0. The molecule has 3 nitrogen and oxygen atoms in total. The van der Waals surface area contributed by atoms with E-state index in [0.717, 1.165) is 63.5 Å². The van der Waals surface area contributed by atoms with Gasteiger partial charge in [0.2, 0.25) is 0 Å². The van der Waals surface area contributed by atoms with E-state index in [0.29, 0.717) is 35.7 Å². The molecular formula is C32H36O3. The van der Waals surface area contributed by atoms with E-state index in [2.05, 4.69) is 37.8 Å². The summed E-state index contributed by atoms with van der Waals surface area (Å²) < 4.78 is 6.64. The van der Waals surface area contributed by atoms with E-state index < -0.39 is 0 Å². The molecule has 1 aromatic carbocycles. The average molecular weight is 469 g/mol. The van der Waals surface area contributed by atoms with Crippen molar-refractivity contribution in [3.05, 3.63) is 70.3 Å². The van der Waals surface area contributed by atoms with E-state index in [1.54, 1.807) is 5.57 Å². The van der Waals surface area contributed by atoms with Crippen LogP contribution < -0.4 is 0 Å². The lowest BCUT2D eigenvalue weighted by Crippen LogP contribution is -2.52. The maximum absolute atomic E-state index is 12.7. The highest BCUT2D eigenvalue weighted by molar-refractivity contribution is 5.99. The fourth-order valence-electron chi connectivity index (χ4n) is 8.88. The van der Waals surface area contributed by atoms with Crippen molar-refractivity contribution in [1.82, 2.24) is 0 Å². The standard InChI is InChI=1S/C32H36O3/c1-19-14-16-35-32(19)15-13-28-26-11-9-23-17-24(33)10-12-25(23)29(26)27(18-31(28,32)2)20-3-5-21(6-4-20)30(34)22-7-8-22/h3-6,17,22,26-28H,1,7-16,18H2,2H3/t26?,27-,28?,31+,32-/m1/s1. The van der Waals surface area contributed by atoms with Gasteiger partial charge in [-0.05, 0) is 98.0 Å². The Hall–Kier alpha value is -2.26. The van der Waals surface area contributed by atoms with Crippen LogP contribution in [0.3, 0.4) is 0 Å². The van der Waals surface area contributed by atoms with Crippen molar-refractivity contribution < 1.29 is 14.3 Å². The van der Waals surface area contributed by atoms with Crippen LogP contribution in [0.1, 0.15) is 93.0 Å². The van der Waals surface area contributed by atoms with Crippen LogP contribution in [-0.4, -0.2) is 23.8 Å². The lowest BCUT2D eigenvalue weighted by Gasteiger charge is -2.55. The second kappa shape index (κ2) is 7.62. The van der Waals surface area contributed by atoms with Crippen molar-refractivity contribution in [2.24, 2.45) is 23.2 Å². The molecular weight excluding hydrogens is 432 g/mol. The molecule has 35 heavy (non-hydrogen) atoms. The van der Waals surface area contributed by atoms with E-state index in [1.807, 2.05) is 6.08 Å². The minimum Gasteiger partial charge on any atom is -0.370 e. The summed E-state index contributed by atoms with van der Waals surface area (Å²) in [4.78, 5) is 24.9. The van der Waals surface area contributed by atoms with Crippen LogP contribution in [0.2, 0.25) is 0 Å². The zero-order valence-corrected chi connectivity index (χ0v) is 20.9. The molecule has 6 aliphatic rings. The summed E-state index contributed by atoms with van der Waals surface area (Å²) in [5.74, 6) is 2.31. The number of hydrogen-bond donors (Lipinski definition) is 0. The molecule has 1 aliphatic heterocycles. The van der Waals surface area contributed by atoms with Crippen molar-refractivity contribution in [1.29, 1.82) is 0 Å². The molecule has 3 heteroatoms. The third-order valence-electron chi connectivity index (χ3n) is 10.7. The first-order valence-corrected chi connectivity index (χ1v) is 13.8. The number of Topliss-reactive ketones (excluding diaryl/α,β-unsaturated/α-hetero) is 1. The Bertz CT molecular complexity index is 1200. The van der Waals surface area contributed by atoms with E-state index in [1.165, 1.54) is 28.7 Å². The van der Waals surface area contributed by atoms with E-state index >= 15 is 0 Å². The monoisotopic (exact) mass is 468 g/mol. The Kier molecular flexibility index (Phi) is 4.78. The Balaban J connectivity index is 1.35. The molecule has 0 bridgehead atoms. The number of fused-ring (bicyclic) bond motifs is 5. The van der Waals surface area contributed by atoms with Gasteiger partial charge in [-0.15, -0.1) is 0 Å². The van der Waals surface area contributed by atoms with E-state index in [-0.39, 0.29) is 16.9 Å². The Morgan fingerprint density at radius 2 is 1.83 bits per heavy atom. The number of ketones is 2. The van der Waals surface area contributed by atoms with Gasteiger partial charge in [0.25, 0.3) is 0 Å². The molecule has 0 amide bonds. The third kappa shape index (κ3) is 3.06. The predicted molar refractivity (Wildman–Crippen MR) is 136 cm³/mol. The summed E-state index contributed by atoms with van der Waals surface area (Å²) >= 11 is 0. The fourth-order valence-corrected chi connectivity index (χ4v) is 8.88. The summed E-state index contributed by atoms with van der Waals surface area (Å²) in [6.45, 7) is 7.83. The number of benzene rings is 1. The Morgan fingerprint density at radius 1 is 1.03 bits per heavy atom. The van der Waals surface area contributed by atoms with Crippen LogP contribution in [0, 0.1) is 23.2 Å². The summed E-state index contributed by atoms with van der Waals surface area (Å²) in [6, 6.07) is 8.60. The van der Waals surface area contributed by atoms with Crippen molar-refractivity contribution in [3.63, 3.8) is 0 Å². The topological polar surface area (TPSA) is 43.4 Å². The minimum absolute atomic E-state index is 0.0637. The normalized spacial score (nSPS) is 38.3. The maximum atomic E-state index is 12.7. The lowest BCUT2D eigenvalue weighted by atomic mass is 9.50. The van der Waals surface area contributed by atoms with Crippen LogP contribution in [0.25, 0.3) is 0 Å². The fraction of sp³-hybridized carbons (Fsp3) is 0.562. The quantitative estimate of drug-likeness (QED) is 0.358. The van der Waals surface area contributed by atoms with Gasteiger partial charge in [-0.1, -0.05) is 43.3 Å². The van der Waals surface area contributed by atoms with Crippen LogP contribution in [-0.2, 0) is 9.53 Å². The predicted octanol–water partition coefficient (Wildman–Crippen LogP) is 6.89. The van der Waals surface area contributed by atoms with Crippen LogP contribution in [0.4, 0.5) is 0 Å². The van der Waals surface area contributed by atoms with Crippen LogP contribution >= 0.6 is 0 Å². The number of ether oxygens (including phenoxy) is 1. The first kappa shape index (κ1) is 22.0. The Labute approximate surface area is 208 Å². The molecule has 0 aromatic heterocycles. The molecule has 5 aliphatic carbocycles. The lowest BCUT2D eigenvalue weighted by molar-refractivity contribution is -0.114. The molecule has 1 spiro atoms. The average Bonchev–Trinajstić information content (AvgIpc) is 3.58. The molecule has 0 N–H and O–H groups in total. The highest BCUT2D eigenvalue weighted by Gasteiger charge is 2.65. The Morgan fingerprint density at radius 3 is 2.54 bits per heavy atom. The molecule has 2 unspecified atom stereocenters. The second-order valence-electron chi connectivity index (χ2n) is 12.3. The number of allylic oxidation sites excluding steroid dienone is 4. The maximum Gasteiger partial charge on any atom is 0.165 e. The van der Waals surface area contributed by atoms with Crippen molar-refractivity contribution in [3.8, 4) is 0 Å². The van der Waals surface area contributed by atoms with Gasteiger partial charge in [0.05, 0.1) is 12.2 Å². The number of carbonyl (C=O) groups excluding carboxylic acids is 2. The largest absolute Gasteiger partial charge is 0.370 e. The summed E-state index contributed by atoms with van der Waals surface area (Å²) in [6.07, 6.45) is 12.1. The highest BCUT2D eigenvalue weighted by atomic mass is 16.5. The number of hydrogen-bond acceptors (Lipinski definition) is 3. The molecule has 7 rings (SSSR count). The van der Waals surface area contributed by atoms with Gasteiger partial charge in [0.1, 0.15) is 0 Å². The van der Waals surface area contributed by atoms with Gasteiger partial charge < -0.3 is 4.74 Å². The SMILES string of the molecule is C=C1CCO[C@]12CCC1C3CCC4=CC(=O)CCC4=C3[C@@H](c3ccc(C(=O)C4CC4)cc3)C[C@@]12C. The summed E-state index contributed by atoms with van der Waals surface area (Å²) in [5.41, 5.74) is 7.77. The zero-order chi connectivity index (χ0) is 23.9. The van der Waals surface area contributed by atoms with Crippen LogP contribution in [0.15, 0.2) is 59.2 Å². The van der Waals surface area contributed by atoms with E-state index in [9.17, 15) is 9.59 Å². The van der Waals surface area contributed by atoms with Crippen LogP contribution in [0.5, 0.6) is 0 Å². The zero-order valence-electron chi connectivity index (χ0n) is 20.9.